The monoisotopic (exact) mass is 491 g/mol. The summed E-state index contributed by atoms with van der Waals surface area (Å²) >= 11 is 0. The Hall–Kier alpha value is -3.31. The zero-order valence-corrected chi connectivity index (χ0v) is 21.7. The summed E-state index contributed by atoms with van der Waals surface area (Å²) in [4.78, 5) is 2.25. The standard InChI is InChI=1S/C29H37N3O4/c1-6-18-35-21-24(33)19-31(22(4)7-2)20-27-28(8-3)30-32(23-12-10-9-11-13-23)29(27)36-26-16-14-25(34-5)15-17-26/h1,9-17,22,24,33H,7-8,18-21H2,2-5H3/t22-,24+/m0/s1. The van der Waals surface area contributed by atoms with Crippen molar-refractivity contribution >= 4 is 0 Å². The highest BCUT2D eigenvalue weighted by molar-refractivity contribution is 5.44. The number of methoxy groups -OCH3 is 1. The number of aliphatic hydroxyl groups excluding tert-OH is 1. The van der Waals surface area contributed by atoms with E-state index in [4.69, 9.17) is 25.7 Å². The summed E-state index contributed by atoms with van der Waals surface area (Å²) in [7, 11) is 1.64. The molecule has 0 bridgehead atoms. The van der Waals surface area contributed by atoms with Gasteiger partial charge in [0.15, 0.2) is 0 Å². The van der Waals surface area contributed by atoms with Crippen LogP contribution in [0.5, 0.6) is 17.4 Å². The summed E-state index contributed by atoms with van der Waals surface area (Å²) < 4.78 is 19.0. The van der Waals surface area contributed by atoms with Gasteiger partial charge in [-0.1, -0.05) is 38.0 Å². The van der Waals surface area contributed by atoms with Crippen LogP contribution >= 0.6 is 0 Å². The summed E-state index contributed by atoms with van der Waals surface area (Å²) in [6.45, 7) is 7.78. The quantitative estimate of drug-likeness (QED) is 0.257. The first-order valence-electron chi connectivity index (χ1n) is 12.4. The number of aryl methyl sites for hydroxylation is 1. The van der Waals surface area contributed by atoms with E-state index in [0.29, 0.717) is 24.7 Å². The number of ether oxygens (including phenoxy) is 3. The second-order valence-electron chi connectivity index (χ2n) is 8.67. The molecule has 0 amide bonds. The molecule has 3 aromatic rings. The van der Waals surface area contributed by atoms with E-state index in [1.807, 2.05) is 59.3 Å². The molecule has 0 aliphatic carbocycles. The van der Waals surface area contributed by atoms with Crippen molar-refractivity contribution in [1.29, 1.82) is 0 Å². The van der Waals surface area contributed by atoms with E-state index in [1.165, 1.54) is 0 Å². The van der Waals surface area contributed by atoms with Crippen LogP contribution in [-0.4, -0.2) is 58.8 Å². The van der Waals surface area contributed by atoms with Gasteiger partial charge in [-0.25, -0.2) is 4.68 Å². The lowest BCUT2D eigenvalue weighted by molar-refractivity contribution is 0.0168. The SMILES string of the molecule is C#CCOC[C@H](O)CN(Cc1c(CC)nn(-c2ccccc2)c1Oc1ccc(OC)cc1)[C@@H](C)CC. The number of benzene rings is 2. The fourth-order valence-electron chi connectivity index (χ4n) is 3.96. The first-order chi connectivity index (χ1) is 17.5. The summed E-state index contributed by atoms with van der Waals surface area (Å²) in [6, 6.07) is 17.7. The number of hydrogen-bond donors (Lipinski definition) is 1. The molecule has 0 spiro atoms. The van der Waals surface area contributed by atoms with Crippen LogP contribution in [0.2, 0.25) is 0 Å². The van der Waals surface area contributed by atoms with Gasteiger partial charge < -0.3 is 19.3 Å². The highest BCUT2D eigenvalue weighted by atomic mass is 16.5. The predicted molar refractivity (Wildman–Crippen MR) is 142 cm³/mol. The molecular formula is C29H37N3O4. The lowest BCUT2D eigenvalue weighted by atomic mass is 10.1. The van der Waals surface area contributed by atoms with Crippen molar-refractivity contribution in [2.45, 2.75) is 52.3 Å². The van der Waals surface area contributed by atoms with Crippen LogP contribution in [0.3, 0.4) is 0 Å². The second kappa shape index (κ2) is 13.7. The van der Waals surface area contributed by atoms with Crippen LogP contribution in [0.4, 0.5) is 0 Å². The van der Waals surface area contributed by atoms with Crippen LogP contribution < -0.4 is 9.47 Å². The summed E-state index contributed by atoms with van der Waals surface area (Å²) in [5.74, 6) is 4.55. The van der Waals surface area contributed by atoms with Crippen LogP contribution in [0.1, 0.15) is 38.4 Å². The maximum absolute atomic E-state index is 10.6. The summed E-state index contributed by atoms with van der Waals surface area (Å²) in [5.41, 5.74) is 2.86. The van der Waals surface area contributed by atoms with Gasteiger partial charge in [-0.3, -0.25) is 4.90 Å². The van der Waals surface area contributed by atoms with Crippen molar-refractivity contribution in [3.8, 4) is 35.4 Å². The molecule has 0 saturated heterocycles. The van der Waals surface area contributed by atoms with Crippen LogP contribution in [0.15, 0.2) is 54.6 Å². The highest BCUT2D eigenvalue weighted by Crippen LogP contribution is 2.33. The largest absolute Gasteiger partial charge is 0.497 e. The molecule has 7 nitrogen and oxygen atoms in total. The van der Waals surface area contributed by atoms with Crippen LogP contribution in [0, 0.1) is 12.3 Å². The zero-order chi connectivity index (χ0) is 25.9. The third kappa shape index (κ3) is 7.11. The van der Waals surface area contributed by atoms with E-state index >= 15 is 0 Å². The molecule has 0 radical (unpaired) electrons. The molecule has 3 rings (SSSR count). The minimum atomic E-state index is -0.660. The Bertz CT molecular complexity index is 1110. The maximum Gasteiger partial charge on any atom is 0.227 e. The predicted octanol–water partition coefficient (Wildman–Crippen LogP) is 4.85. The number of para-hydroxylation sites is 1. The molecule has 0 fully saturated rings. The normalized spacial score (nSPS) is 12.8. The molecule has 192 valence electrons. The summed E-state index contributed by atoms with van der Waals surface area (Å²) in [5, 5.41) is 15.6. The molecule has 36 heavy (non-hydrogen) atoms. The second-order valence-corrected chi connectivity index (χ2v) is 8.67. The molecule has 1 heterocycles. The lowest BCUT2D eigenvalue weighted by Gasteiger charge is -2.30. The van der Waals surface area contributed by atoms with Crippen molar-refractivity contribution in [3.05, 3.63) is 65.9 Å². The number of rotatable bonds is 14. The molecule has 7 heteroatoms. The summed E-state index contributed by atoms with van der Waals surface area (Å²) in [6.07, 6.45) is 6.29. The molecule has 1 aromatic heterocycles. The Morgan fingerprint density at radius 1 is 1.08 bits per heavy atom. The molecule has 1 N–H and O–H groups in total. The average molecular weight is 492 g/mol. The molecule has 0 saturated carbocycles. The molecule has 0 aliphatic heterocycles. The van der Waals surface area contributed by atoms with Crippen molar-refractivity contribution in [3.63, 3.8) is 0 Å². The van der Waals surface area contributed by atoms with E-state index in [9.17, 15) is 5.11 Å². The Labute approximate surface area is 214 Å². The third-order valence-corrected chi connectivity index (χ3v) is 6.15. The minimum absolute atomic E-state index is 0.185. The Kier molecular flexibility index (Phi) is 10.4. The van der Waals surface area contributed by atoms with E-state index < -0.39 is 6.10 Å². The number of nitrogens with zero attached hydrogens (tertiary/aromatic N) is 3. The van der Waals surface area contributed by atoms with Gasteiger partial charge in [-0.2, -0.15) is 5.10 Å². The van der Waals surface area contributed by atoms with Crippen LogP contribution in [0.25, 0.3) is 5.69 Å². The number of aliphatic hydroxyl groups is 1. The van der Waals surface area contributed by atoms with Gasteiger partial charge in [0.2, 0.25) is 5.88 Å². The minimum Gasteiger partial charge on any atom is -0.497 e. The molecular weight excluding hydrogens is 454 g/mol. The van der Waals surface area contributed by atoms with Crippen molar-refractivity contribution in [2.24, 2.45) is 0 Å². The van der Waals surface area contributed by atoms with Gasteiger partial charge >= 0.3 is 0 Å². The topological polar surface area (TPSA) is 69.0 Å². The van der Waals surface area contributed by atoms with Gasteiger partial charge in [-0.15, -0.1) is 6.42 Å². The maximum atomic E-state index is 10.6. The molecule has 2 atom stereocenters. The number of terminal acetylenes is 1. The zero-order valence-electron chi connectivity index (χ0n) is 21.7. The van der Waals surface area contributed by atoms with Crippen LogP contribution in [-0.2, 0) is 17.7 Å². The van der Waals surface area contributed by atoms with Gasteiger partial charge in [0.1, 0.15) is 18.1 Å². The van der Waals surface area contributed by atoms with Gasteiger partial charge in [0, 0.05) is 19.1 Å². The third-order valence-electron chi connectivity index (χ3n) is 6.15. The smallest absolute Gasteiger partial charge is 0.227 e. The number of aromatic nitrogens is 2. The average Bonchev–Trinajstić information content (AvgIpc) is 3.25. The van der Waals surface area contributed by atoms with E-state index in [2.05, 4.69) is 31.6 Å². The lowest BCUT2D eigenvalue weighted by Crippen LogP contribution is -2.40. The number of hydrogen-bond acceptors (Lipinski definition) is 6. The highest BCUT2D eigenvalue weighted by Gasteiger charge is 2.25. The first kappa shape index (κ1) is 27.3. The van der Waals surface area contributed by atoms with Crippen molar-refractivity contribution in [2.75, 3.05) is 26.9 Å². The van der Waals surface area contributed by atoms with Gasteiger partial charge in [0.25, 0.3) is 0 Å². The Morgan fingerprint density at radius 3 is 2.39 bits per heavy atom. The molecule has 2 aromatic carbocycles. The van der Waals surface area contributed by atoms with E-state index in [0.717, 1.165) is 35.5 Å². The van der Waals surface area contributed by atoms with E-state index in [-0.39, 0.29) is 19.3 Å². The Morgan fingerprint density at radius 2 is 1.78 bits per heavy atom. The van der Waals surface area contributed by atoms with E-state index in [1.54, 1.807) is 7.11 Å². The van der Waals surface area contributed by atoms with Crippen molar-refractivity contribution < 1.29 is 19.3 Å². The fraction of sp³-hybridized carbons (Fsp3) is 0.414. The van der Waals surface area contributed by atoms with Crippen molar-refractivity contribution in [1.82, 2.24) is 14.7 Å². The Balaban J connectivity index is 1.99. The molecule has 0 unspecified atom stereocenters. The van der Waals surface area contributed by atoms with Gasteiger partial charge in [0.05, 0.1) is 36.8 Å². The first-order valence-corrected chi connectivity index (χ1v) is 12.4. The van der Waals surface area contributed by atoms with Gasteiger partial charge in [-0.05, 0) is 56.2 Å². The fourth-order valence-corrected chi connectivity index (χ4v) is 3.96. The molecule has 0 aliphatic rings.